The maximum Gasteiger partial charge on any atom is 0.474 e. The number of aryl methyl sites for hydroxylation is 1. The second-order valence-corrected chi connectivity index (χ2v) is 8.72. The number of carboxylic acid groups (broad SMARTS) is 1. The van der Waals surface area contributed by atoms with Crippen LogP contribution in [0, 0.1) is 0 Å². The molecule has 1 aromatic carbocycles. The lowest BCUT2D eigenvalue weighted by atomic mass is 10.1. The zero-order chi connectivity index (χ0) is 21.5. The Labute approximate surface area is 186 Å². The van der Waals surface area contributed by atoms with E-state index in [2.05, 4.69) is 0 Å². The topological polar surface area (TPSA) is 85.3 Å². The number of benzene rings is 1. The van der Waals surface area contributed by atoms with Gasteiger partial charge in [-0.15, -0.1) is 34.8 Å². The van der Waals surface area contributed by atoms with Crippen molar-refractivity contribution >= 4 is 54.3 Å². The Balaban J connectivity index is 2.62. The summed E-state index contributed by atoms with van der Waals surface area (Å²) in [6.45, 7) is 1.16. The second kappa shape index (κ2) is 15.3. The first-order valence-electron chi connectivity index (χ1n) is 9.21. The van der Waals surface area contributed by atoms with E-state index in [-0.39, 0.29) is 38.0 Å². The van der Waals surface area contributed by atoms with Gasteiger partial charge < -0.3 is 10.0 Å². The quantitative estimate of drug-likeness (QED) is 0.248. The van der Waals surface area contributed by atoms with Crippen LogP contribution in [0.4, 0.5) is 5.69 Å². The highest BCUT2D eigenvalue weighted by Gasteiger charge is 2.26. The van der Waals surface area contributed by atoms with Crippen molar-refractivity contribution in [2.24, 2.45) is 0 Å². The van der Waals surface area contributed by atoms with Gasteiger partial charge in [-0.3, -0.25) is 18.4 Å². The molecule has 0 aromatic heterocycles. The molecule has 0 saturated heterocycles. The number of carboxylic acids is 1. The first kappa shape index (κ1) is 26.5. The lowest BCUT2D eigenvalue weighted by Crippen LogP contribution is -2.29. The SMILES string of the molecule is O=C(O)CCCc1ccc(N(CCCl)CCOP(=O)(OCCCl)OCCCl)cc1. The summed E-state index contributed by atoms with van der Waals surface area (Å²) < 4.78 is 28.2. The van der Waals surface area contributed by atoms with Crippen molar-refractivity contribution in [3.63, 3.8) is 0 Å². The first-order chi connectivity index (χ1) is 13.9. The first-order valence-corrected chi connectivity index (χ1v) is 12.3. The van der Waals surface area contributed by atoms with Crippen LogP contribution in [-0.2, 0) is 29.4 Å². The zero-order valence-corrected chi connectivity index (χ0v) is 19.3. The average molecular weight is 491 g/mol. The summed E-state index contributed by atoms with van der Waals surface area (Å²) in [5.74, 6) is -0.0650. The van der Waals surface area contributed by atoms with Gasteiger partial charge in [0.25, 0.3) is 0 Å². The van der Waals surface area contributed by atoms with Gasteiger partial charge >= 0.3 is 13.8 Å². The predicted molar refractivity (Wildman–Crippen MR) is 117 cm³/mol. The Morgan fingerprint density at radius 1 is 0.931 bits per heavy atom. The van der Waals surface area contributed by atoms with Crippen molar-refractivity contribution in [2.75, 3.05) is 55.5 Å². The number of halogens is 3. The van der Waals surface area contributed by atoms with Crippen LogP contribution in [0.1, 0.15) is 18.4 Å². The number of anilines is 1. The number of rotatable bonds is 17. The Hall–Kier alpha value is -0.530. The van der Waals surface area contributed by atoms with Gasteiger partial charge in [0.05, 0.1) is 19.8 Å². The summed E-state index contributed by atoms with van der Waals surface area (Å²) in [7, 11) is -3.72. The van der Waals surface area contributed by atoms with Crippen molar-refractivity contribution < 1.29 is 28.0 Å². The third-order valence-corrected chi connectivity index (χ3v) is 5.75. The fourth-order valence-electron chi connectivity index (χ4n) is 2.46. The molecule has 0 radical (unpaired) electrons. The molecule has 0 saturated carbocycles. The standard InChI is InChI=1S/C18H27Cl3NO6P/c19-8-11-22(12-15-28-29(25,26-13-9-20)27-14-10-21)17-6-4-16(5-7-17)2-1-3-18(23)24/h4-7H,1-3,8-15H2,(H,23,24). The molecule has 1 aromatic rings. The third kappa shape index (κ3) is 11.4. The lowest BCUT2D eigenvalue weighted by Gasteiger charge is -2.25. The van der Waals surface area contributed by atoms with Gasteiger partial charge in [-0.1, -0.05) is 12.1 Å². The highest BCUT2D eigenvalue weighted by Crippen LogP contribution is 2.49. The van der Waals surface area contributed by atoms with E-state index in [0.29, 0.717) is 31.8 Å². The van der Waals surface area contributed by atoms with Gasteiger partial charge in [0.1, 0.15) is 0 Å². The maximum absolute atomic E-state index is 12.5. The van der Waals surface area contributed by atoms with E-state index in [1.807, 2.05) is 29.2 Å². The minimum absolute atomic E-state index is 0.0376. The van der Waals surface area contributed by atoms with Crippen LogP contribution >= 0.6 is 42.6 Å². The number of phosphoric acid groups is 1. The van der Waals surface area contributed by atoms with Crippen LogP contribution in [0.15, 0.2) is 24.3 Å². The molecule has 0 amide bonds. The van der Waals surface area contributed by atoms with E-state index < -0.39 is 13.8 Å². The number of nitrogens with zero attached hydrogens (tertiary/aromatic N) is 1. The van der Waals surface area contributed by atoms with Crippen molar-refractivity contribution in [3.8, 4) is 0 Å². The van der Waals surface area contributed by atoms with E-state index >= 15 is 0 Å². The van der Waals surface area contributed by atoms with E-state index in [9.17, 15) is 9.36 Å². The van der Waals surface area contributed by atoms with Crippen LogP contribution in [-0.4, -0.2) is 61.6 Å². The van der Waals surface area contributed by atoms with E-state index in [1.54, 1.807) is 0 Å². The highest BCUT2D eigenvalue weighted by atomic mass is 35.5. The minimum atomic E-state index is -3.72. The molecule has 0 aliphatic carbocycles. The molecule has 0 fully saturated rings. The van der Waals surface area contributed by atoms with Crippen molar-refractivity contribution in [1.82, 2.24) is 0 Å². The number of hydrogen-bond acceptors (Lipinski definition) is 6. The zero-order valence-electron chi connectivity index (χ0n) is 16.1. The molecule has 166 valence electrons. The molecular formula is C18H27Cl3NO6P. The van der Waals surface area contributed by atoms with E-state index in [4.69, 9.17) is 53.5 Å². The molecule has 0 spiro atoms. The Morgan fingerprint density at radius 3 is 2.03 bits per heavy atom. The van der Waals surface area contributed by atoms with Crippen molar-refractivity contribution in [3.05, 3.63) is 29.8 Å². The van der Waals surface area contributed by atoms with Crippen LogP contribution < -0.4 is 4.90 Å². The Bertz CT molecular complexity index is 623. The number of hydrogen-bond donors (Lipinski definition) is 1. The minimum Gasteiger partial charge on any atom is -0.481 e. The Morgan fingerprint density at radius 2 is 1.52 bits per heavy atom. The summed E-state index contributed by atoms with van der Waals surface area (Å²) in [5, 5.41) is 8.72. The van der Waals surface area contributed by atoms with Gasteiger partial charge in [0, 0.05) is 42.8 Å². The van der Waals surface area contributed by atoms with Gasteiger partial charge in [-0.05, 0) is 30.5 Å². The summed E-state index contributed by atoms with van der Waals surface area (Å²) in [6, 6.07) is 7.79. The monoisotopic (exact) mass is 489 g/mol. The molecule has 1 N–H and O–H groups in total. The largest absolute Gasteiger partial charge is 0.481 e. The van der Waals surface area contributed by atoms with Gasteiger partial charge in [0.15, 0.2) is 0 Å². The number of alkyl halides is 3. The smallest absolute Gasteiger partial charge is 0.474 e. The summed E-state index contributed by atoms with van der Waals surface area (Å²) in [5.41, 5.74) is 1.99. The van der Waals surface area contributed by atoms with Gasteiger partial charge in [-0.25, -0.2) is 4.57 Å². The molecule has 0 aliphatic rings. The summed E-state index contributed by atoms with van der Waals surface area (Å²) in [4.78, 5) is 12.6. The number of aliphatic carboxylic acids is 1. The molecular weight excluding hydrogens is 464 g/mol. The normalized spacial score (nSPS) is 11.6. The van der Waals surface area contributed by atoms with Crippen LogP contribution in [0.25, 0.3) is 0 Å². The summed E-state index contributed by atoms with van der Waals surface area (Å²) in [6.07, 6.45) is 1.44. The molecule has 0 bridgehead atoms. The maximum atomic E-state index is 12.5. The molecule has 0 atom stereocenters. The number of phosphoric ester groups is 1. The fraction of sp³-hybridized carbons (Fsp3) is 0.611. The van der Waals surface area contributed by atoms with E-state index in [1.165, 1.54) is 0 Å². The Kier molecular flexibility index (Phi) is 14.0. The van der Waals surface area contributed by atoms with E-state index in [0.717, 1.165) is 11.3 Å². The molecule has 7 nitrogen and oxygen atoms in total. The molecule has 0 heterocycles. The van der Waals surface area contributed by atoms with Gasteiger partial charge in [0.2, 0.25) is 0 Å². The average Bonchev–Trinajstić information content (AvgIpc) is 2.70. The molecule has 0 aliphatic heterocycles. The van der Waals surface area contributed by atoms with Crippen LogP contribution in [0.2, 0.25) is 0 Å². The highest BCUT2D eigenvalue weighted by molar-refractivity contribution is 7.48. The molecule has 29 heavy (non-hydrogen) atoms. The lowest BCUT2D eigenvalue weighted by molar-refractivity contribution is -0.137. The summed E-state index contributed by atoms with van der Waals surface area (Å²) >= 11 is 17.1. The van der Waals surface area contributed by atoms with Crippen molar-refractivity contribution in [1.29, 1.82) is 0 Å². The third-order valence-electron chi connectivity index (χ3n) is 3.78. The second-order valence-electron chi connectivity index (χ2n) is 5.91. The predicted octanol–water partition coefficient (Wildman–Crippen LogP) is 4.77. The fourth-order valence-corrected chi connectivity index (χ4v) is 4.19. The van der Waals surface area contributed by atoms with Crippen molar-refractivity contribution in [2.45, 2.75) is 19.3 Å². The van der Waals surface area contributed by atoms with Crippen LogP contribution in [0.3, 0.4) is 0 Å². The molecule has 0 unspecified atom stereocenters. The molecule has 11 heteroatoms. The van der Waals surface area contributed by atoms with Gasteiger partial charge in [-0.2, -0.15) is 0 Å². The number of carbonyl (C=O) groups is 1. The van der Waals surface area contributed by atoms with Crippen LogP contribution in [0.5, 0.6) is 0 Å². The molecule has 1 rings (SSSR count).